The van der Waals surface area contributed by atoms with Crippen LogP contribution in [-0.2, 0) is 17.8 Å². The van der Waals surface area contributed by atoms with Crippen LogP contribution in [0.3, 0.4) is 0 Å². The number of para-hydroxylation sites is 1. The molecule has 3 aromatic rings. The van der Waals surface area contributed by atoms with Gasteiger partial charge < -0.3 is 9.47 Å². The van der Waals surface area contributed by atoms with Crippen LogP contribution in [0.25, 0.3) is 16.6 Å². The Morgan fingerprint density at radius 1 is 1.21 bits per heavy atom. The van der Waals surface area contributed by atoms with E-state index >= 15 is 0 Å². The maximum atomic E-state index is 12.5. The van der Waals surface area contributed by atoms with Crippen molar-refractivity contribution in [2.75, 3.05) is 13.1 Å². The Balaban J connectivity index is 1.56. The Labute approximate surface area is 162 Å². The highest BCUT2D eigenvalue weighted by Crippen LogP contribution is 2.23. The van der Waals surface area contributed by atoms with E-state index in [2.05, 4.69) is 20.7 Å². The molecule has 28 heavy (non-hydrogen) atoms. The van der Waals surface area contributed by atoms with Gasteiger partial charge in [0.1, 0.15) is 5.82 Å². The SMILES string of the molecule is CCc1nc(=O)c2ccccc2n1C1=CCN(C(=O)CCn2cccn2)CC1. The molecule has 144 valence electrons. The molecular weight excluding hydrogens is 354 g/mol. The molecule has 1 amide bonds. The molecule has 0 bridgehead atoms. The van der Waals surface area contributed by atoms with E-state index in [1.165, 1.54) is 0 Å². The summed E-state index contributed by atoms with van der Waals surface area (Å²) in [7, 11) is 0. The number of carbonyl (C=O) groups excluding carboxylic acids is 1. The van der Waals surface area contributed by atoms with E-state index in [1.54, 1.807) is 10.9 Å². The first kappa shape index (κ1) is 18.2. The molecule has 1 aliphatic heterocycles. The number of hydrogen-bond acceptors (Lipinski definition) is 4. The molecule has 0 atom stereocenters. The van der Waals surface area contributed by atoms with Gasteiger partial charge in [-0.3, -0.25) is 14.3 Å². The van der Waals surface area contributed by atoms with Crippen molar-refractivity contribution in [1.82, 2.24) is 24.2 Å². The van der Waals surface area contributed by atoms with Crippen LogP contribution in [-0.4, -0.2) is 43.2 Å². The quantitative estimate of drug-likeness (QED) is 0.684. The number of benzene rings is 1. The van der Waals surface area contributed by atoms with Crippen LogP contribution < -0.4 is 5.56 Å². The molecule has 0 saturated heterocycles. The minimum atomic E-state index is -0.185. The molecule has 1 aliphatic rings. The third-order valence-electron chi connectivity index (χ3n) is 5.12. The van der Waals surface area contributed by atoms with Crippen molar-refractivity contribution in [3.05, 3.63) is 65.0 Å². The van der Waals surface area contributed by atoms with Gasteiger partial charge in [0.2, 0.25) is 5.91 Å². The van der Waals surface area contributed by atoms with E-state index in [1.807, 2.05) is 48.4 Å². The number of hydrogen-bond donors (Lipinski definition) is 0. The second-order valence-electron chi connectivity index (χ2n) is 6.84. The lowest BCUT2D eigenvalue weighted by atomic mass is 10.1. The van der Waals surface area contributed by atoms with Crippen molar-refractivity contribution < 1.29 is 4.79 Å². The average molecular weight is 377 g/mol. The molecule has 0 radical (unpaired) electrons. The fraction of sp³-hybridized carbons (Fsp3) is 0.333. The lowest BCUT2D eigenvalue weighted by molar-refractivity contribution is -0.131. The summed E-state index contributed by atoms with van der Waals surface area (Å²) in [6.45, 7) is 3.82. The van der Waals surface area contributed by atoms with Gasteiger partial charge in [-0.25, -0.2) is 0 Å². The highest BCUT2D eigenvalue weighted by molar-refractivity contribution is 5.82. The third-order valence-corrected chi connectivity index (χ3v) is 5.12. The Hall–Kier alpha value is -3.22. The van der Waals surface area contributed by atoms with Crippen LogP contribution in [0.5, 0.6) is 0 Å². The summed E-state index contributed by atoms with van der Waals surface area (Å²) in [4.78, 5) is 31.0. The van der Waals surface area contributed by atoms with Crippen molar-refractivity contribution in [2.45, 2.75) is 32.7 Å². The third kappa shape index (κ3) is 3.47. The van der Waals surface area contributed by atoms with E-state index in [0.717, 1.165) is 23.5 Å². The van der Waals surface area contributed by atoms with Gasteiger partial charge >= 0.3 is 0 Å². The molecule has 2 aromatic heterocycles. The fourth-order valence-electron chi connectivity index (χ4n) is 3.66. The second kappa shape index (κ2) is 7.80. The second-order valence-corrected chi connectivity index (χ2v) is 6.84. The first-order chi connectivity index (χ1) is 13.7. The van der Waals surface area contributed by atoms with Gasteiger partial charge in [-0.05, 0) is 24.3 Å². The van der Waals surface area contributed by atoms with Crippen molar-refractivity contribution in [3.63, 3.8) is 0 Å². The van der Waals surface area contributed by atoms with Crippen LogP contribution in [0.1, 0.15) is 25.6 Å². The lowest BCUT2D eigenvalue weighted by Crippen LogP contribution is -2.36. The van der Waals surface area contributed by atoms with Crippen LogP contribution >= 0.6 is 0 Å². The molecular formula is C21H23N5O2. The molecule has 3 heterocycles. The van der Waals surface area contributed by atoms with E-state index < -0.39 is 0 Å². The lowest BCUT2D eigenvalue weighted by Gasteiger charge is -2.28. The fourth-order valence-corrected chi connectivity index (χ4v) is 3.66. The summed E-state index contributed by atoms with van der Waals surface area (Å²) < 4.78 is 3.86. The Morgan fingerprint density at radius 3 is 2.79 bits per heavy atom. The maximum Gasteiger partial charge on any atom is 0.280 e. The van der Waals surface area contributed by atoms with Gasteiger partial charge in [-0.2, -0.15) is 10.1 Å². The van der Waals surface area contributed by atoms with Crippen molar-refractivity contribution in [1.29, 1.82) is 0 Å². The number of nitrogens with zero attached hydrogens (tertiary/aromatic N) is 5. The summed E-state index contributed by atoms with van der Waals surface area (Å²) in [6, 6.07) is 9.42. The van der Waals surface area contributed by atoms with Crippen LogP contribution in [0.4, 0.5) is 0 Å². The van der Waals surface area contributed by atoms with Crippen molar-refractivity contribution in [3.8, 4) is 0 Å². The number of aromatic nitrogens is 4. The van der Waals surface area contributed by atoms with E-state index in [4.69, 9.17) is 0 Å². The Kier molecular flexibility index (Phi) is 5.06. The Morgan fingerprint density at radius 2 is 2.07 bits per heavy atom. The maximum absolute atomic E-state index is 12.5. The summed E-state index contributed by atoms with van der Waals surface area (Å²) in [5.41, 5.74) is 1.79. The minimum Gasteiger partial charge on any atom is -0.338 e. The normalized spacial score (nSPS) is 14.3. The van der Waals surface area contributed by atoms with Gasteiger partial charge in [0, 0.05) is 57.0 Å². The van der Waals surface area contributed by atoms with Crippen LogP contribution in [0.2, 0.25) is 0 Å². The summed E-state index contributed by atoms with van der Waals surface area (Å²) in [5.74, 6) is 0.887. The number of aryl methyl sites for hydroxylation is 2. The molecule has 0 aliphatic carbocycles. The predicted octanol–water partition coefficient (Wildman–Crippen LogP) is 2.32. The largest absolute Gasteiger partial charge is 0.338 e. The minimum absolute atomic E-state index is 0.129. The van der Waals surface area contributed by atoms with E-state index in [0.29, 0.717) is 37.9 Å². The van der Waals surface area contributed by atoms with Crippen molar-refractivity contribution >= 4 is 22.5 Å². The summed E-state index contributed by atoms with van der Waals surface area (Å²) >= 11 is 0. The number of rotatable bonds is 5. The topological polar surface area (TPSA) is 73.0 Å². The zero-order valence-corrected chi connectivity index (χ0v) is 15.9. The predicted molar refractivity (Wildman–Crippen MR) is 108 cm³/mol. The first-order valence-electron chi connectivity index (χ1n) is 9.62. The first-order valence-corrected chi connectivity index (χ1v) is 9.62. The van der Waals surface area contributed by atoms with Gasteiger partial charge in [0.15, 0.2) is 0 Å². The van der Waals surface area contributed by atoms with Crippen LogP contribution in [0, 0.1) is 0 Å². The molecule has 0 fully saturated rings. The molecule has 0 saturated carbocycles. The zero-order chi connectivity index (χ0) is 19.5. The van der Waals surface area contributed by atoms with Gasteiger partial charge in [-0.15, -0.1) is 0 Å². The summed E-state index contributed by atoms with van der Waals surface area (Å²) in [5, 5.41) is 4.76. The Bertz CT molecular complexity index is 1080. The molecule has 7 heteroatoms. The molecule has 0 unspecified atom stereocenters. The van der Waals surface area contributed by atoms with Gasteiger partial charge in [-0.1, -0.05) is 19.1 Å². The van der Waals surface area contributed by atoms with Crippen molar-refractivity contribution in [2.24, 2.45) is 0 Å². The zero-order valence-electron chi connectivity index (χ0n) is 15.9. The molecule has 1 aromatic carbocycles. The number of fused-ring (bicyclic) bond motifs is 1. The highest BCUT2D eigenvalue weighted by Gasteiger charge is 2.20. The number of carbonyl (C=O) groups is 1. The van der Waals surface area contributed by atoms with Gasteiger partial charge in [0.25, 0.3) is 5.56 Å². The van der Waals surface area contributed by atoms with E-state index in [9.17, 15) is 9.59 Å². The molecule has 4 rings (SSSR count). The molecule has 0 N–H and O–H groups in total. The number of amides is 1. The highest BCUT2D eigenvalue weighted by atomic mass is 16.2. The molecule has 7 nitrogen and oxygen atoms in total. The monoisotopic (exact) mass is 377 g/mol. The standard InChI is InChI=1S/C21H23N5O2/c1-2-19-23-21(28)17-6-3-4-7-18(17)26(19)16-8-13-24(14-9-16)20(27)10-15-25-12-5-11-22-25/h3-8,11-12H,2,9-10,13-15H2,1H3. The molecule has 0 spiro atoms. The van der Waals surface area contributed by atoms with Gasteiger partial charge in [0.05, 0.1) is 10.9 Å². The smallest absolute Gasteiger partial charge is 0.280 e. The summed E-state index contributed by atoms with van der Waals surface area (Å²) in [6.07, 6.45) is 7.50. The average Bonchev–Trinajstić information content (AvgIpc) is 3.26. The van der Waals surface area contributed by atoms with Crippen LogP contribution in [0.15, 0.2) is 53.6 Å². The van der Waals surface area contributed by atoms with E-state index in [-0.39, 0.29) is 11.5 Å².